The number of carbonyl (C=O) groups is 6. The van der Waals surface area contributed by atoms with Crippen molar-refractivity contribution in [3.05, 3.63) is 82.0 Å². The Kier molecular flexibility index (Phi) is 11.1. The number of ether oxygens (including phenoxy) is 2. The molecule has 0 aromatic heterocycles. The third kappa shape index (κ3) is 6.64. The molecule has 2 heterocycles. The molecule has 4 bridgehead atoms. The van der Waals surface area contributed by atoms with Crippen LogP contribution in [0.3, 0.4) is 0 Å². The number of likely N-dealkylation sites (tertiary alicyclic amines) is 2. The predicted octanol–water partition coefficient (Wildman–Crippen LogP) is 4.45. The highest BCUT2D eigenvalue weighted by Gasteiger charge is 2.70. The number of amides is 4. The van der Waals surface area contributed by atoms with E-state index in [1.807, 2.05) is 36.4 Å². The van der Waals surface area contributed by atoms with Gasteiger partial charge in [-0.15, -0.1) is 0 Å². The van der Waals surface area contributed by atoms with E-state index in [1.54, 1.807) is 35.8 Å². The predicted molar refractivity (Wildman–Crippen MR) is 230 cm³/mol. The van der Waals surface area contributed by atoms with Crippen LogP contribution < -0.4 is 22.9 Å². The van der Waals surface area contributed by atoms with Crippen molar-refractivity contribution in [2.24, 2.45) is 33.8 Å². The fourth-order valence-corrected chi connectivity index (χ4v) is 12.3. The van der Waals surface area contributed by atoms with Crippen LogP contribution in [0.25, 0.3) is 0 Å². The Morgan fingerprint density at radius 1 is 0.726 bits per heavy atom. The van der Waals surface area contributed by atoms with Crippen molar-refractivity contribution in [2.75, 3.05) is 13.1 Å². The Labute approximate surface area is 361 Å². The van der Waals surface area contributed by atoms with Crippen molar-refractivity contribution in [3.8, 4) is 0 Å². The van der Waals surface area contributed by atoms with Crippen LogP contribution in [0.2, 0.25) is 0 Å². The molecule has 9 rings (SSSR count). The lowest BCUT2D eigenvalue weighted by atomic mass is 9.55. The Morgan fingerprint density at radius 3 is 1.60 bits per heavy atom. The second kappa shape index (κ2) is 15.6. The number of rotatable bonds is 12. The molecule has 1 aromatic carbocycles. The van der Waals surface area contributed by atoms with Gasteiger partial charge in [-0.2, -0.15) is 0 Å². The zero-order valence-corrected chi connectivity index (χ0v) is 36.1. The van der Waals surface area contributed by atoms with Crippen molar-refractivity contribution < 1.29 is 38.2 Å². The highest BCUT2D eigenvalue weighted by atomic mass is 16.6. The van der Waals surface area contributed by atoms with E-state index in [0.29, 0.717) is 49.7 Å². The van der Waals surface area contributed by atoms with Gasteiger partial charge in [0.1, 0.15) is 0 Å². The molecule has 16 nitrogen and oxygen atoms in total. The summed E-state index contributed by atoms with van der Waals surface area (Å²) in [7, 11) is 0. The van der Waals surface area contributed by atoms with E-state index < -0.39 is 75.8 Å². The lowest BCUT2D eigenvalue weighted by molar-refractivity contribution is -0.171. The number of allylic oxidation sites excluding steroid dienone is 6. The van der Waals surface area contributed by atoms with Crippen LogP contribution in [-0.2, 0) is 34.1 Å². The summed E-state index contributed by atoms with van der Waals surface area (Å²) in [5, 5.41) is 17.8. The summed E-state index contributed by atoms with van der Waals surface area (Å²) in [4.78, 5) is 86.5. The minimum absolute atomic E-state index is 0.124. The normalized spacial score (nSPS) is 28.5. The summed E-state index contributed by atoms with van der Waals surface area (Å²) >= 11 is 0. The highest BCUT2D eigenvalue weighted by molar-refractivity contribution is 6.17. The number of primary amides is 4. The molecule has 330 valence electrons. The van der Waals surface area contributed by atoms with Crippen molar-refractivity contribution in [1.82, 2.24) is 9.80 Å². The summed E-state index contributed by atoms with van der Waals surface area (Å²) in [5.41, 5.74) is 20.7. The number of benzene rings is 1. The number of nitrogens with one attached hydrogen (secondary N) is 2. The second-order valence-corrected chi connectivity index (χ2v) is 19.3. The molecule has 0 saturated carbocycles. The smallest absolute Gasteiger partial charge is 0.375 e. The first-order valence-electron chi connectivity index (χ1n) is 21.3. The maximum absolute atomic E-state index is 14.8. The average molecular weight is 851 g/mol. The number of hydrogen-bond acceptors (Lipinski definition) is 12. The highest BCUT2D eigenvalue weighted by Crippen LogP contribution is 2.58. The minimum atomic E-state index is -2.32. The van der Waals surface area contributed by atoms with Crippen molar-refractivity contribution >= 4 is 47.4 Å². The molecule has 2 fully saturated rings. The Morgan fingerprint density at radius 2 is 1.18 bits per heavy atom. The third-order valence-electron chi connectivity index (χ3n) is 14.8. The average Bonchev–Trinajstić information content (AvgIpc) is 3.83. The van der Waals surface area contributed by atoms with Crippen LogP contribution in [0, 0.1) is 21.6 Å². The topological polar surface area (TPSA) is 279 Å². The molecular weight excluding hydrogens is 793 g/mol. The SMILES string of the molecule is CC(C)(C)c1ccc(C(CC2CCCN2[C@@](C(N)=O)(C(=O)OC(N)=O)C2(C)CC3=CC(=N)C2=CC3)C2CCCN2[C@@](C(N)=O)(C(=O)OC(N)=O)C2(C)CC3=CC(=N)C2=CC3)cc1. The van der Waals surface area contributed by atoms with Gasteiger partial charge in [-0.05, 0) is 97.6 Å². The van der Waals surface area contributed by atoms with Crippen molar-refractivity contribution in [1.29, 1.82) is 10.8 Å². The molecule has 2 saturated heterocycles. The fourth-order valence-electron chi connectivity index (χ4n) is 12.3. The Balaban J connectivity index is 1.41. The molecule has 6 aliphatic carbocycles. The summed E-state index contributed by atoms with van der Waals surface area (Å²) in [6.45, 7) is 10.1. The number of fused-ring (bicyclic) bond motifs is 6. The molecular formula is C46H58N8O8. The van der Waals surface area contributed by atoms with Gasteiger partial charge >= 0.3 is 24.1 Å². The molecule has 1 aromatic rings. The minimum Gasteiger partial charge on any atom is -0.375 e. The lowest BCUT2D eigenvalue weighted by Crippen LogP contribution is -2.74. The molecule has 10 N–H and O–H groups in total. The van der Waals surface area contributed by atoms with Gasteiger partial charge in [0.25, 0.3) is 11.8 Å². The van der Waals surface area contributed by atoms with Crippen LogP contribution in [-0.4, -0.2) is 93.4 Å². The Hall–Kier alpha value is -5.74. The number of carbonyl (C=O) groups excluding carboxylic acids is 6. The molecule has 0 spiro atoms. The van der Waals surface area contributed by atoms with E-state index in [2.05, 4.69) is 20.8 Å². The lowest BCUT2D eigenvalue weighted by Gasteiger charge is -2.56. The quantitative estimate of drug-likeness (QED) is 0.127. The first-order chi connectivity index (χ1) is 29.0. The van der Waals surface area contributed by atoms with Gasteiger partial charge in [0.2, 0.25) is 11.1 Å². The fraction of sp³-hybridized carbons (Fsp3) is 0.522. The first kappa shape index (κ1) is 44.3. The third-order valence-corrected chi connectivity index (χ3v) is 14.8. The largest absolute Gasteiger partial charge is 0.412 e. The van der Waals surface area contributed by atoms with E-state index in [4.69, 9.17) is 43.2 Å². The maximum Gasteiger partial charge on any atom is 0.412 e. The van der Waals surface area contributed by atoms with E-state index in [9.17, 15) is 28.8 Å². The van der Waals surface area contributed by atoms with Crippen LogP contribution >= 0.6 is 0 Å². The summed E-state index contributed by atoms with van der Waals surface area (Å²) in [5.74, 6) is -5.11. The summed E-state index contributed by atoms with van der Waals surface area (Å²) < 4.78 is 10.3. The summed E-state index contributed by atoms with van der Waals surface area (Å²) in [6.07, 6.45) is 7.86. The van der Waals surface area contributed by atoms with E-state index in [-0.39, 0.29) is 49.2 Å². The molecule has 0 radical (unpaired) electrons. The number of nitrogens with two attached hydrogens (primary N) is 4. The zero-order chi connectivity index (χ0) is 45.3. The van der Waals surface area contributed by atoms with Gasteiger partial charge in [0, 0.05) is 41.9 Å². The van der Waals surface area contributed by atoms with Crippen molar-refractivity contribution in [2.45, 2.75) is 127 Å². The second-order valence-electron chi connectivity index (χ2n) is 19.3. The van der Waals surface area contributed by atoms with Gasteiger partial charge in [-0.25, -0.2) is 19.2 Å². The molecule has 8 aliphatic rings. The van der Waals surface area contributed by atoms with Gasteiger partial charge in [-0.3, -0.25) is 19.4 Å². The molecule has 7 atom stereocenters. The van der Waals surface area contributed by atoms with E-state index in [0.717, 1.165) is 22.3 Å². The maximum atomic E-state index is 14.8. The van der Waals surface area contributed by atoms with Gasteiger partial charge in [-0.1, -0.05) is 82.2 Å². The molecule has 62 heavy (non-hydrogen) atoms. The van der Waals surface area contributed by atoms with Gasteiger partial charge in [0.05, 0.1) is 11.4 Å². The van der Waals surface area contributed by atoms with Crippen LogP contribution in [0.4, 0.5) is 9.59 Å². The van der Waals surface area contributed by atoms with Crippen LogP contribution in [0.5, 0.6) is 0 Å². The first-order valence-corrected chi connectivity index (χ1v) is 21.3. The molecule has 4 amide bonds. The zero-order valence-electron chi connectivity index (χ0n) is 36.1. The van der Waals surface area contributed by atoms with E-state index in [1.165, 1.54) is 0 Å². The molecule has 5 unspecified atom stereocenters. The summed E-state index contributed by atoms with van der Waals surface area (Å²) in [6, 6.07) is 6.83. The monoisotopic (exact) mass is 850 g/mol. The molecule has 2 aliphatic heterocycles. The Bertz CT molecular complexity index is 2310. The van der Waals surface area contributed by atoms with Crippen LogP contribution in [0.15, 0.2) is 70.9 Å². The number of hydrogen-bond donors (Lipinski definition) is 6. The van der Waals surface area contributed by atoms with Crippen molar-refractivity contribution in [3.63, 3.8) is 0 Å². The van der Waals surface area contributed by atoms with Crippen LogP contribution in [0.1, 0.15) is 109 Å². The molecule has 16 heteroatoms. The standard InChI is InChI=1S/C46H58N8O8/c1-42(2,3)28-14-12-27(13-15-28)30(35-9-7-19-54(35)46(37(50)56,39(58)62-41(52)60)44(5)24-26-11-17-32(44)34(48)21-26)22-29-8-6-18-53(29)45(36(49)55,38(57)61-40(51)59)43(4)23-25-10-16-31(43)33(47)20-25/h12-17,20-21,29-30,35,47-48H,6-11,18-19,22-24H2,1-5H3,(H2,49,55)(H2,50,56)(H2,51,59)(H2,52,60)/t29?,30?,35?,43?,44?,45-,46-/m0/s1. The van der Waals surface area contributed by atoms with E-state index >= 15 is 0 Å². The van der Waals surface area contributed by atoms with Gasteiger partial charge in [0.15, 0.2) is 0 Å². The number of esters is 2. The van der Waals surface area contributed by atoms with Gasteiger partial charge < -0.3 is 43.2 Å². The number of nitrogens with zero attached hydrogens (tertiary/aromatic N) is 2.